The molecule has 0 spiro atoms. The Hall–Kier alpha value is -1.28. The summed E-state index contributed by atoms with van der Waals surface area (Å²) in [5.41, 5.74) is 1.16. The van der Waals surface area contributed by atoms with Crippen LogP contribution in [0.25, 0.3) is 0 Å². The van der Waals surface area contributed by atoms with Gasteiger partial charge in [0.1, 0.15) is 5.76 Å². The van der Waals surface area contributed by atoms with Crippen molar-refractivity contribution in [2.75, 3.05) is 6.26 Å². The smallest absolute Gasteiger partial charge is 0.271 e. The molecule has 0 aliphatic carbocycles. The van der Waals surface area contributed by atoms with E-state index in [1.54, 1.807) is 17.8 Å². The lowest BCUT2D eigenvalue weighted by molar-refractivity contribution is 0.393. The molecule has 0 saturated heterocycles. The van der Waals surface area contributed by atoms with Crippen molar-refractivity contribution in [3.05, 3.63) is 47.7 Å². The Bertz CT molecular complexity index is 693. The minimum Gasteiger partial charge on any atom is -0.447 e. The molecule has 0 aliphatic rings. The molecule has 1 unspecified atom stereocenters. The monoisotopic (exact) mass is 326 g/mol. The van der Waals surface area contributed by atoms with Gasteiger partial charge in [-0.1, -0.05) is 12.1 Å². The molecule has 21 heavy (non-hydrogen) atoms. The van der Waals surface area contributed by atoms with E-state index in [1.165, 1.54) is 11.0 Å². The maximum Gasteiger partial charge on any atom is 0.271 e. The van der Waals surface area contributed by atoms with Crippen molar-refractivity contribution >= 4 is 21.8 Å². The zero-order valence-electron chi connectivity index (χ0n) is 11.9. The Morgan fingerprint density at radius 1 is 1.24 bits per heavy atom. The minimum atomic E-state index is -3.78. The Kier molecular flexibility index (Phi) is 5.10. The van der Waals surface area contributed by atoms with Crippen LogP contribution < -0.4 is 10.5 Å². The summed E-state index contributed by atoms with van der Waals surface area (Å²) in [5.74, 6) is 0.534. The fourth-order valence-corrected chi connectivity index (χ4v) is 2.76. The Morgan fingerprint density at radius 2 is 1.90 bits per heavy atom. The van der Waals surface area contributed by atoms with Crippen LogP contribution in [0.15, 0.2) is 50.8 Å². The fraction of sp³-hybridized carbons (Fsp3) is 0.286. The average Bonchev–Trinajstić information content (AvgIpc) is 2.94. The lowest BCUT2D eigenvalue weighted by Gasteiger charge is -2.13. The van der Waals surface area contributed by atoms with Crippen molar-refractivity contribution in [1.29, 1.82) is 0 Å². The third-order valence-corrected chi connectivity index (χ3v) is 4.64. The normalized spacial score (nSPS) is 13.3. The number of benzene rings is 1. The number of rotatable bonds is 6. The van der Waals surface area contributed by atoms with Gasteiger partial charge in [0.2, 0.25) is 5.09 Å². The largest absolute Gasteiger partial charge is 0.447 e. The number of nitrogens with one attached hydrogen (secondary N) is 1. The Balaban J connectivity index is 1.97. The van der Waals surface area contributed by atoms with Gasteiger partial charge in [-0.15, -0.1) is 11.8 Å². The Labute approximate surface area is 129 Å². The van der Waals surface area contributed by atoms with Crippen molar-refractivity contribution in [1.82, 2.24) is 5.32 Å². The lowest BCUT2D eigenvalue weighted by Crippen LogP contribution is -2.17. The summed E-state index contributed by atoms with van der Waals surface area (Å²) in [7, 11) is -3.78. The standard InChI is InChI=1S/C14H18N2O3S2/c1-10(11-3-6-13(20-2)7-4-11)16-9-12-5-8-14(19-12)21(15,17)18/h3-8,10,16H,9H2,1-2H3,(H2,15,17,18). The van der Waals surface area contributed by atoms with Gasteiger partial charge in [-0.2, -0.15) is 0 Å². The molecule has 0 aliphatic heterocycles. The number of furan rings is 1. The van der Waals surface area contributed by atoms with Crippen molar-refractivity contribution in [3.63, 3.8) is 0 Å². The molecule has 2 aromatic rings. The topological polar surface area (TPSA) is 85.3 Å². The molecule has 0 fully saturated rings. The predicted molar refractivity (Wildman–Crippen MR) is 83.6 cm³/mol. The maximum absolute atomic E-state index is 11.1. The molecule has 0 bridgehead atoms. The highest BCUT2D eigenvalue weighted by atomic mass is 32.2. The summed E-state index contributed by atoms with van der Waals surface area (Å²) < 4.78 is 27.4. The van der Waals surface area contributed by atoms with E-state index < -0.39 is 10.0 Å². The van der Waals surface area contributed by atoms with Crippen LogP contribution in [0.4, 0.5) is 0 Å². The van der Waals surface area contributed by atoms with Gasteiger partial charge < -0.3 is 9.73 Å². The first-order valence-electron chi connectivity index (χ1n) is 6.39. The highest BCUT2D eigenvalue weighted by Crippen LogP contribution is 2.19. The molecular weight excluding hydrogens is 308 g/mol. The quantitative estimate of drug-likeness (QED) is 0.797. The van der Waals surface area contributed by atoms with Gasteiger partial charge in [-0.05, 0) is 43.0 Å². The molecule has 7 heteroatoms. The SMILES string of the molecule is CSc1ccc(C(C)NCc2ccc(S(N)(=O)=O)o2)cc1. The number of thioether (sulfide) groups is 1. The van der Waals surface area contributed by atoms with Crippen molar-refractivity contribution in [2.45, 2.75) is 29.5 Å². The van der Waals surface area contributed by atoms with Gasteiger partial charge in [0.05, 0.1) is 6.54 Å². The van der Waals surface area contributed by atoms with E-state index in [1.807, 2.05) is 13.2 Å². The van der Waals surface area contributed by atoms with Gasteiger partial charge in [-0.25, -0.2) is 13.6 Å². The van der Waals surface area contributed by atoms with E-state index in [2.05, 4.69) is 29.6 Å². The van der Waals surface area contributed by atoms with E-state index in [0.717, 1.165) is 5.56 Å². The lowest BCUT2D eigenvalue weighted by atomic mass is 10.1. The molecule has 0 radical (unpaired) electrons. The van der Waals surface area contributed by atoms with E-state index in [-0.39, 0.29) is 11.1 Å². The summed E-state index contributed by atoms with van der Waals surface area (Å²) >= 11 is 1.70. The first-order valence-corrected chi connectivity index (χ1v) is 9.16. The van der Waals surface area contributed by atoms with Crippen LogP contribution in [-0.2, 0) is 16.6 Å². The molecule has 3 N–H and O–H groups in total. The van der Waals surface area contributed by atoms with Gasteiger partial charge >= 0.3 is 0 Å². The Morgan fingerprint density at radius 3 is 2.43 bits per heavy atom. The number of hydrogen-bond donors (Lipinski definition) is 2. The van der Waals surface area contributed by atoms with Crippen molar-refractivity contribution in [3.8, 4) is 0 Å². The molecule has 1 heterocycles. The molecule has 114 valence electrons. The number of nitrogens with two attached hydrogens (primary N) is 1. The van der Waals surface area contributed by atoms with E-state index >= 15 is 0 Å². The molecule has 1 aromatic heterocycles. The summed E-state index contributed by atoms with van der Waals surface area (Å²) in [6, 6.07) is 11.4. The molecule has 2 rings (SSSR count). The first kappa shape index (κ1) is 16.1. The van der Waals surface area contributed by atoms with Gasteiger partial charge in [0.15, 0.2) is 0 Å². The average molecular weight is 326 g/mol. The third kappa shape index (κ3) is 4.34. The van der Waals surface area contributed by atoms with Crippen molar-refractivity contribution in [2.24, 2.45) is 5.14 Å². The van der Waals surface area contributed by atoms with Crippen LogP contribution in [0.2, 0.25) is 0 Å². The molecule has 1 atom stereocenters. The molecule has 0 amide bonds. The van der Waals surface area contributed by atoms with Crippen LogP contribution in [0.1, 0.15) is 24.3 Å². The zero-order chi connectivity index (χ0) is 15.5. The molecule has 0 saturated carbocycles. The van der Waals surface area contributed by atoms with Crippen LogP contribution in [0.3, 0.4) is 0 Å². The van der Waals surface area contributed by atoms with Crippen LogP contribution >= 0.6 is 11.8 Å². The van der Waals surface area contributed by atoms with Gasteiger partial charge in [0, 0.05) is 10.9 Å². The van der Waals surface area contributed by atoms with E-state index in [9.17, 15) is 8.42 Å². The summed E-state index contributed by atoms with van der Waals surface area (Å²) in [4.78, 5) is 1.22. The molecule has 5 nitrogen and oxygen atoms in total. The van der Waals surface area contributed by atoms with E-state index in [0.29, 0.717) is 12.3 Å². The van der Waals surface area contributed by atoms with Gasteiger partial charge in [-0.3, -0.25) is 0 Å². The fourth-order valence-electron chi connectivity index (χ4n) is 1.87. The third-order valence-electron chi connectivity index (χ3n) is 3.12. The summed E-state index contributed by atoms with van der Waals surface area (Å²) in [5, 5.41) is 8.07. The van der Waals surface area contributed by atoms with Crippen LogP contribution in [0, 0.1) is 0 Å². The number of hydrogen-bond acceptors (Lipinski definition) is 5. The second-order valence-corrected chi connectivity index (χ2v) is 7.01. The molecular formula is C14H18N2O3S2. The van der Waals surface area contributed by atoms with Crippen LogP contribution in [0.5, 0.6) is 0 Å². The summed E-state index contributed by atoms with van der Waals surface area (Å²) in [6.45, 7) is 2.47. The number of sulfonamides is 1. The second-order valence-electron chi connectivity index (χ2n) is 4.64. The first-order chi connectivity index (χ1) is 9.90. The predicted octanol–water partition coefficient (Wildman–Crippen LogP) is 2.50. The van der Waals surface area contributed by atoms with Crippen molar-refractivity contribution < 1.29 is 12.8 Å². The second kappa shape index (κ2) is 6.65. The minimum absolute atomic E-state index is 0.129. The van der Waals surface area contributed by atoms with E-state index in [4.69, 9.17) is 9.56 Å². The zero-order valence-corrected chi connectivity index (χ0v) is 13.5. The summed E-state index contributed by atoms with van der Waals surface area (Å²) in [6.07, 6.45) is 2.04. The maximum atomic E-state index is 11.1. The highest BCUT2D eigenvalue weighted by molar-refractivity contribution is 7.98. The number of primary sulfonamides is 1. The van der Waals surface area contributed by atoms with Crippen LogP contribution in [-0.4, -0.2) is 14.7 Å². The molecule has 1 aromatic carbocycles. The highest BCUT2D eigenvalue weighted by Gasteiger charge is 2.13. The van der Waals surface area contributed by atoms with Gasteiger partial charge in [0.25, 0.3) is 10.0 Å².